The van der Waals surface area contributed by atoms with E-state index in [4.69, 9.17) is 4.74 Å². The molecule has 5 nitrogen and oxygen atoms in total. The smallest absolute Gasteiger partial charge is 0.306 e. The van der Waals surface area contributed by atoms with Crippen molar-refractivity contribution in [1.82, 2.24) is 5.32 Å². The summed E-state index contributed by atoms with van der Waals surface area (Å²) in [4.78, 5) is 24.2. The maximum Gasteiger partial charge on any atom is 0.306 e. The molecule has 150 valence electrons. The van der Waals surface area contributed by atoms with Crippen LogP contribution in [0.5, 0.6) is 5.75 Å². The second kappa shape index (κ2) is 9.35. The summed E-state index contributed by atoms with van der Waals surface area (Å²) in [7, 11) is 1.53. The molecular formula is C22H26FNO4. The highest BCUT2D eigenvalue weighted by atomic mass is 19.1. The first-order valence-corrected chi connectivity index (χ1v) is 9.16. The number of carboxylic acid groups (broad SMARTS) is 1. The van der Waals surface area contributed by atoms with Crippen molar-refractivity contribution < 1.29 is 23.8 Å². The van der Waals surface area contributed by atoms with Crippen LogP contribution in [0.1, 0.15) is 37.8 Å². The van der Waals surface area contributed by atoms with Gasteiger partial charge in [-0.15, -0.1) is 0 Å². The van der Waals surface area contributed by atoms with Crippen LogP contribution in [0.25, 0.3) is 0 Å². The Labute approximate surface area is 164 Å². The van der Waals surface area contributed by atoms with Gasteiger partial charge in [0.15, 0.2) is 0 Å². The third-order valence-corrected chi connectivity index (χ3v) is 4.81. The molecule has 2 atom stereocenters. The molecule has 0 saturated carbocycles. The normalized spacial score (nSPS) is 14.0. The molecule has 0 saturated heterocycles. The number of methoxy groups -OCH3 is 1. The van der Waals surface area contributed by atoms with Gasteiger partial charge in [0.25, 0.3) is 0 Å². The van der Waals surface area contributed by atoms with Gasteiger partial charge in [0.05, 0.1) is 19.1 Å². The number of hydrogen-bond donors (Lipinski definition) is 2. The number of benzene rings is 2. The van der Waals surface area contributed by atoms with Crippen molar-refractivity contribution in [3.05, 3.63) is 65.5 Å². The van der Waals surface area contributed by atoms with Gasteiger partial charge in [0.1, 0.15) is 11.6 Å². The first-order valence-electron chi connectivity index (χ1n) is 9.16. The molecule has 0 spiro atoms. The van der Waals surface area contributed by atoms with E-state index in [2.05, 4.69) is 5.32 Å². The Balaban J connectivity index is 2.11. The second-order valence-electron chi connectivity index (χ2n) is 7.19. The van der Waals surface area contributed by atoms with E-state index in [1.807, 2.05) is 6.07 Å². The maximum absolute atomic E-state index is 13.3. The minimum Gasteiger partial charge on any atom is -0.497 e. The van der Waals surface area contributed by atoms with Crippen LogP contribution in [-0.2, 0) is 21.5 Å². The first-order chi connectivity index (χ1) is 13.2. The van der Waals surface area contributed by atoms with E-state index in [0.29, 0.717) is 24.2 Å². The molecular weight excluding hydrogens is 361 g/mol. The van der Waals surface area contributed by atoms with Crippen LogP contribution in [0.15, 0.2) is 48.5 Å². The van der Waals surface area contributed by atoms with Crippen LogP contribution in [0.4, 0.5) is 4.39 Å². The highest BCUT2D eigenvalue weighted by Crippen LogP contribution is 2.28. The van der Waals surface area contributed by atoms with Crippen LogP contribution >= 0.6 is 0 Å². The molecule has 0 heterocycles. The lowest BCUT2D eigenvalue weighted by Gasteiger charge is -2.31. The van der Waals surface area contributed by atoms with E-state index in [1.54, 1.807) is 44.2 Å². The lowest BCUT2D eigenvalue weighted by Crippen LogP contribution is -2.47. The van der Waals surface area contributed by atoms with Crippen molar-refractivity contribution in [2.75, 3.05) is 7.11 Å². The molecule has 0 aliphatic rings. The van der Waals surface area contributed by atoms with E-state index in [1.165, 1.54) is 19.2 Å². The standard InChI is InChI=1S/C22H26FNO4/c1-15(10-11-16-6-4-8-18(23)12-16)21(27)24-22(2,14-20(25)26)17-7-5-9-19(13-17)28-3/h4-9,12-13,15H,10-11,14H2,1-3H3,(H,24,27)(H,25,26). The van der Waals surface area contributed by atoms with Gasteiger partial charge in [0, 0.05) is 5.92 Å². The fourth-order valence-corrected chi connectivity index (χ4v) is 3.09. The topological polar surface area (TPSA) is 75.6 Å². The summed E-state index contributed by atoms with van der Waals surface area (Å²) >= 11 is 0. The maximum atomic E-state index is 13.3. The summed E-state index contributed by atoms with van der Waals surface area (Å²) in [6.45, 7) is 3.47. The van der Waals surface area contributed by atoms with Gasteiger partial charge in [-0.25, -0.2) is 4.39 Å². The minimum atomic E-state index is -1.08. The van der Waals surface area contributed by atoms with E-state index in [-0.39, 0.29) is 24.1 Å². The molecule has 0 bridgehead atoms. The Bertz CT molecular complexity index is 839. The van der Waals surface area contributed by atoms with Gasteiger partial charge in [0.2, 0.25) is 5.91 Å². The van der Waals surface area contributed by atoms with E-state index in [9.17, 15) is 19.1 Å². The zero-order chi connectivity index (χ0) is 20.7. The number of aliphatic carboxylic acids is 1. The fraction of sp³-hybridized carbons (Fsp3) is 0.364. The third-order valence-electron chi connectivity index (χ3n) is 4.81. The second-order valence-corrected chi connectivity index (χ2v) is 7.19. The number of carbonyl (C=O) groups is 2. The summed E-state index contributed by atoms with van der Waals surface area (Å²) in [6.07, 6.45) is 0.820. The molecule has 0 aromatic heterocycles. The lowest BCUT2D eigenvalue weighted by molar-refractivity contribution is -0.139. The zero-order valence-electron chi connectivity index (χ0n) is 16.4. The van der Waals surface area contributed by atoms with Crippen molar-refractivity contribution in [2.45, 2.75) is 38.6 Å². The van der Waals surface area contributed by atoms with Crippen LogP contribution < -0.4 is 10.1 Å². The van der Waals surface area contributed by atoms with Gasteiger partial charge in [-0.3, -0.25) is 9.59 Å². The summed E-state index contributed by atoms with van der Waals surface area (Å²) in [5, 5.41) is 12.2. The first kappa shape index (κ1) is 21.4. The quantitative estimate of drug-likeness (QED) is 0.684. The largest absolute Gasteiger partial charge is 0.497 e. The minimum absolute atomic E-state index is 0.247. The summed E-state index contributed by atoms with van der Waals surface area (Å²) < 4.78 is 18.5. The van der Waals surface area contributed by atoms with Crippen LogP contribution in [0, 0.1) is 11.7 Å². The molecule has 2 rings (SSSR count). The highest BCUT2D eigenvalue weighted by Gasteiger charge is 2.33. The predicted octanol–water partition coefficient (Wildman–Crippen LogP) is 3.91. The molecule has 0 aliphatic heterocycles. The monoisotopic (exact) mass is 387 g/mol. The summed E-state index contributed by atoms with van der Waals surface area (Å²) in [5.74, 6) is -1.34. The Morgan fingerprint density at radius 2 is 1.93 bits per heavy atom. The molecule has 2 N–H and O–H groups in total. The number of amides is 1. The van der Waals surface area contributed by atoms with Crippen molar-refractivity contribution in [2.24, 2.45) is 5.92 Å². The summed E-state index contributed by atoms with van der Waals surface area (Å²) in [6, 6.07) is 13.3. The summed E-state index contributed by atoms with van der Waals surface area (Å²) in [5.41, 5.74) is 0.394. The van der Waals surface area contributed by atoms with Gasteiger partial charge in [-0.2, -0.15) is 0 Å². The molecule has 0 radical (unpaired) electrons. The molecule has 2 unspecified atom stereocenters. The Hall–Kier alpha value is -2.89. The Morgan fingerprint density at radius 3 is 2.57 bits per heavy atom. The number of hydrogen-bond acceptors (Lipinski definition) is 3. The zero-order valence-corrected chi connectivity index (χ0v) is 16.4. The molecule has 28 heavy (non-hydrogen) atoms. The third kappa shape index (κ3) is 5.81. The SMILES string of the molecule is COc1cccc(C(C)(CC(=O)O)NC(=O)C(C)CCc2cccc(F)c2)c1. The molecule has 0 aliphatic carbocycles. The lowest BCUT2D eigenvalue weighted by atomic mass is 9.87. The molecule has 0 fully saturated rings. The molecule has 6 heteroatoms. The Morgan fingerprint density at radius 1 is 1.21 bits per heavy atom. The van der Waals surface area contributed by atoms with Gasteiger partial charge < -0.3 is 15.2 Å². The number of aryl methyl sites for hydroxylation is 1. The van der Waals surface area contributed by atoms with Gasteiger partial charge in [-0.05, 0) is 55.2 Å². The molecule has 2 aromatic carbocycles. The van der Waals surface area contributed by atoms with Crippen molar-refractivity contribution in [1.29, 1.82) is 0 Å². The van der Waals surface area contributed by atoms with Crippen molar-refractivity contribution >= 4 is 11.9 Å². The number of carbonyl (C=O) groups excluding carboxylic acids is 1. The number of halogens is 1. The number of rotatable bonds is 9. The number of carboxylic acids is 1. The average Bonchev–Trinajstić information content (AvgIpc) is 2.65. The van der Waals surface area contributed by atoms with Gasteiger partial charge >= 0.3 is 5.97 Å². The van der Waals surface area contributed by atoms with Crippen LogP contribution in [0.2, 0.25) is 0 Å². The van der Waals surface area contributed by atoms with E-state index in [0.717, 1.165) is 5.56 Å². The predicted molar refractivity (Wildman–Crippen MR) is 105 cm³/mol. The van der Waals surface area contributed by atoms with Crippen LogP contribution in [-0.4, -0.2) is 24.1 Å². The number of ether oxygens (including phenoxy) is 1. The highest BCUT2D eigenvalue weighted by molar-refractivity contribution is 5.80. The number of nitrogens with one attached hydrogen (secondary N) is 1. The average molecular weight is 387 g/mol. The van der Waals surface area contributed by atoms with Crippen LogP contribution in [0.3, 0.4) is 0 Å². The molecule has 2 aromatic rings. The van der Waals surface area contributed by atoms with Crippen molar-refractivity contribution in [3.8, 4) is 5.75 Å². The van der Waals surface area contributed by atoms with E-state index >= 15 is 0 Å². The van der Waals surface area contributed by atoms with Gasteiger partial charge in [-0.1, -0.05) is 31.2 Å². The fourth-order valence-electron chi connectivity index (χ4n) is 3.09. The Kier molecular flexibility index (Phi) is 7.15. The van der Waals surface area contributed by atoms with Crippen molar-refractivity contribution in [3.63, 3.8) is 0 Å². The molecule has 1 amide bonds. The van der Waals surface area contributed by atoms with E-state index < -0.39 is 11.5 Å².